The molecule has 0 fully saturated rings. The van der Waals surface area contributed by atoms with Crippen LogP contribution in [0.4, 0.5) is 5.13 Å². The lowest BCUT2D eigenvalue weighted by Gasteiger charge is -2.20. The Morgan fingerprint density at radius 1 is 1.32 bits per heavy atom. The first kappa shape index (κ1) is 16.7. The van der Waals surface area contributed by atoms with Gasteiger partial charge in [-0.05, 0) is 25.1 Å². The fourth-order valence-corrected chi connectivity index (χ4v) is 2.60. The largest absolute Gasteiger partial charge is 0.330 e. The smallest absolute Gasteiger partial charge is 0.254 e. The lowest BCUT2D eigenvalue weighted by atomic mass is 10.2. The molecule has 1 aromatic carbocycles. The number of carbonyl (C=O) groups excluding carboxylic acids is 2. The van der Waals surface area contributed by atoms with E-state index in [4.69, 9.17) is 23.2 Å². The van der Waals surface area contributed by atoms with E-state index in [0.717, 1.165) is 0 Å². The molecule has 2 amide bonds. The van der Waals surface area contributed by atoms with Crippen LogP contribution in [0.2, 0.25) is 10.0 Å². The Balaban J connectivity index is 2.05. The molecule has 0 aliphatic carbocycles. The highest BCUT2D eigenvalue weighted by atomic mass is 35.5. The van der Waals surface area contributed by atoms with Gasteiger partial charge in [-0.15, -0.1) is 11.3 Å². The minimum absolute atomic E-state index is 0.0604. The fourth-order valence-electron chi connectivity index (χ4n) is 1.76. The summed E-state index contributed by atoms with van der Waals surface area (Å²) >= 11 is 13.1. The van der Waals surface area contributed by atoms with Crippen molar-refractivity contribution in [3.63, 3.8) is 0 Å². The standard InChI is InChI=1S/C14H13Cl2N3O2S/c1-2-19(8-12(20)18-14-17-5-6-22-14)13(21)9-3-4-10(15)11(16)7-9/h3-7H,2,8H2,1H3,(H,17,18,20). The number of halogens is 2. The van der Waals surface area contributed by atoms with Gasteiger partial charge in [-0.3, -0.25) is 9.59 Å². The zero-order valence-corrected chi connectivity index (χ0v) is 14.0. The number of amides is 2. The summed E-state index contributed by atoms with van der Waals surface area (Å²) in [5.41, 5.74) is 0.387. The molecule has 8 heteroatoms. The Kier molecular flexibility index (Phi) is 5.76. The topological polar surface area (TPSA) is 62.3 Å². The molecule has 0 aliphatic rings. The molecule has 0 saturated heterocycles. The second-order valence-corrected chi connectivity index (χ2v) is 6.04. The average Bonchev–Trinajstić information content (AvgIpc) is 2.99. The predicted molar refractivity (Wildman–Crippen MR) is 88.8 cm³/mol. The summed E-state index contributed by atoms with van der Waals surface area (Å²) < 4.78 is 0. The van der Waals surface area contributed by atoms with Crippen LogP contribution in [-0.2, 0) is 4.79 Å². The van der Waals surface area contributed by atoms with E-state index in [-0.39, 0.29) is 18.4 Å². The van der Waals surface area contributed by atoms with E-state index < -0.39 is 0 Å². The predicted octanol–water partition coefficient (Wildman–Crippen LogP) is 3.55. The highest BCUT2D eigenvalue weighted by molar-refractivity contribution is 7.13. The van der Waals surface area contributed by atoms with Gasteiger partial charge < -0.3 is 10.2 Å². The van der Waals surface area contributed by atoms with Crippen LogP contribution in [0.1, 0.15) is 17.3 Å². The quantitative estimate of drug-likeness (QED) is 0.889. The maximum atomic E-state index is 12.4. The Morgan fingerprint density at radius 3 is 2.68 bits per heavy atom. The van der Waals surface area contributed by atoms with Crippen molar-refractivity contribution in [2.45, 2.75) is 6.92 Å². The zero-order chi connectivity index (χ0) is 16.1. The molecule has 0 saturated carbocycles. The molecular formula is C14H13Cl2N3O2S. The van der Waals surface area contributed by atoms with Crippen molar-refractivity contribution in [3.8, 4) is 0 Å². The number of benzene rings is 1. The van der Waals surface area contributed by atoms with Crippen LogP contribution < -0.4 is 5.32 Å². The van der Waals surface area contributed by atoms with Crippen molar-refractivity contribution in [3.05, 3.63) is 45.4 Å². The van der Waals surface area contributed by atoms with Crippen molar-refractivity contribution < 1.29 is 9.59 Å². The van der Waals surface area contributed by atoms with Crippen molar-refractivity contribution in [1.29, 1.82) is 0 Å². The molecule has 22 heavy (non-hydrogen) atoms. The van der Waals surface area contributed by atoms with Gasteiger partial charge in [0.05, 0.1) is 10.0 Å². The van der Waals surface area contributed by atoms with Crippen molar-refractivity contribution in [2.24, 2.45) is 0 Å². The van der Waals surface area contributed by atoms with Crippen LogP contribution in [-0.4, -0.2) is 34.8 Å². The number of nitrogens with zero attached hydrogens (tertiary/aromatic N) is 2. The van der Waals surface area contributed by atoms with Crippen molar-refractivity contribution in [2.75, 3.05) is 18.4 Å². The van der Waals surface area contributed by atoms with Crippen LogP contribution in [0.5, 0.6) is 0 Å². The van der Waals surface area contributed by atoms with E-state index in [2.05, 4.69) is 10.3 Å². The van der Waals surface area contributed by atoms with Crippen LogP contribution in [0, 0.1) is 0 Å². The van der Waals surface area contributed by atoms with Gasteiger partial charge in [0.1, 0.15) is 6.54 Å². The number of rotatable bonds is 5. The number of aromatic nitrogens is 1. The number of hydrogen-bond donors (Lipinski definition) is 1. The number of anilines is 1. The third-order valence-corrected chi connectivity index (χ3v) is 4.28. The van der Waals surface area contributed by atoms with Gasteiger partial charge in [0.25, 0.3) is 5.91 Å². The van der Waals surface area contributed by atoms with Gasteiger partial charge in [0.15, 0.2) is 5.13 Å². The van der Waals surface area contributed by atoms with Gasteiger partial charge in [-0.2, -0.15) is 0 Å². The lowest BCUT2D eigenvalue weighted by Crippen LogP contribution is -2.37. The van der Waals surface area contributed by atoms with Gasteiger partial charge in [-0.25, -0.2) is 4.98 Å². The molecule has 1 heterocycles. The second-order valence-electron chi connectivity index (χ2n) is 4.33. The normalized spacial score (nSPS) is 10.3. The summed E-state index contributed by atoms with van der Waals surface area (Å²) in [6, 6.07) is 4.63. The molecular weight excluding hydrogens is 345 g/mol. The third kappa shape index (κ3) is 4.19. The average molecular weight is 358 g/mol. The molecule has 5 nitrogen and oxygen atoms in total. The molecule has 0 aliphatic heterocycles. The molecule has 0 radical (unpaired) electrons. The number of carbonyl (C=O) groups is 2. The Bertz CT molecular complexity index is 677. The molecule has 2 aromatic rings. The maximum Gasteiger partial charge on any atom is 0.254 e. The van der Waals surface area contributed by atoms with E-state index in [1.807, 2.05) is 0 Å². The summed E-state index contributed by atoms with van der Waals surface area (Å²) in [7, 11) is 0. The monoisotopic (exact) mass is 357 g/mol. The minimum atomic E-state index is -0.301. The van der Waals surface area contributed by atoms with Gasteiger partial charge in [0, 0.05) is 23.7 Å². The first-order valence-corrected chi connectivity index (χ1v) is 8.08. The Morgan fingerprint density at radius 2 is 2.09 bits per heavy atom. The molecule has 0 bridgehead atoms. The second kappa shape index (κ2) is 7.58. The van der Waals surface area contributed by atoms with E-state index in [0.29, 0.717) is 27.3 Å². The zero-order valence-electron chi connectivity index (χ0n) is 11.7. The number of thiazole rings is 1. The van der Waals surface area contributed by atoms with E-state index in [1.54, 1.807) is 30.6 Å². The molecule has 0 spiro atoms. The molecule has 1 aromatic heterocycles. The summed E-state index contributed by atoms with van der Waals surface area (Å²) in [4.78, 5) is 29.7. The number of nitrogens with one attached hydrogen (secondary N) is 1. The van der Waals surface area contributed by atoms with E-state index >= 15 is 0 Å². The SMILES string of the molecule is CCN(CC(=O)Nc1nccs1)C(=O)c1ccc(Cl)c(Cl)c1. The van der Waals surface area contributed by atoms with Gasteiger partial charge >= 0.3 is 0 Å². The lowest BCUT2D eigenvalue weighted by molar-refractivity contribution is -0.116. The van der Waals surface area contributed by atoms with Crippen LogP contribution in [0.15, 0.2) is 29.8 Å². The highest BCUT2D eigenvalue weighted by Crippen LogP contribution is 2.23. The first-order chi connectivity index (χ1) is 10.5. The Hall–Kier alpha value is -1.63. The minimum Gasteiger partial charge on any atom is -0.330 e. The third-order valence-electron chi connectivity index (χ3n) is 2.85. The van der Waals surface area contributed by atoms with E-state index in [1.165, 1.54) is 22.3 Å². The molecule has 116 valence electrons. The maximum absolute atomic E-state index is 12.4. The first-order valence-electron chi connectivity index (χ1n) is 6.45. The summed E-state index contributed by atoms with van der Waals surface area (Å²) in [6.07, 6.45) is 1.60. The van der Waals surface area contributed by atoms with Crippen molar-refractivity contribution in [1.82, 2.24) is 9.88 Å². The van der Waals surface area contributed by atoms with Crippen LogP contribution >= 0.6 is 34.5 Å². The molecule has 0 atom stereocenters. The van der Waals surface area contributed by atoms with Crippen LogP contribution in [0.3, 0.4) is 0 Å². The van der Waals surface area contributed by atoms with Gasteiger partial charge in [-0.1, -0.05) is 23.2 Å². The van der Waals surface area contributed by atoms with E-state index in [9.17, 15) is 9.59 Å². The number of likely N-dealkylation sites (N-methyl/N-ethyl adjacent to an activating group) is 1. The number of hydrogen-bond acceptors (Lipinski definition) is 4. The summed E-state index contributed by atoms with van der Waals surface area (Å²) in [6.45, 7) is 2.13. The summed E-state index contributed by atoms with van der Waals surface area (Å²) in [5, 5.41) is 5.58. The summed E-state index contributed by atoms with van der Waals surface area (Å²) in [5.74, 6) is -0.583. The molecule has 1 N–H and O–H groups in total. The Labute approximate surface area is 141 Å². The van der Waals surface area contributed by atoms with Crippen molar-refractivity contribution >= 4 is 51.5 Å². The fraction of sp³-hybridized carbons (Fsp3) is 0.214. The van der Waals surface area contributed by atoms with Gasteiger partial charge in [0.2, 0.25) is 5.91 Å². The molecule has 2 rings (SSSR count). The highest BCUT2D eigenvalue weighted by Gasteiger charge is 2.18. The van der Waals surface area contributed by atoms with Crippen LogP contribution in [0.25, 0.3) is 0 Å². The molecule has 0 unspecified atom stereocenters.